The number of hydrogen-bond acceptors (Lipinski definition) is 2. The fraction of sp³-hybridized carbons (Fsp3) is 0.467. The van der Waals surface area contributed by atoms with Crippen LogP contribution in [0.3, 0.4) is 0 Å². The van der Waals surface area contributed by atoms with E-state index in [0.717, 1.165) is 64.2 Å². The number of hydrogen-bond donors (Lipinski definition) is 0. The van der Waals surface area contributed by atoms with Gasteiger partial charge in [-0.15, -0.1) is 0 Å². The first-order chi connectivity index (χ1) is 22.5. The summed E-state index contributed by atoms with van der Waals surface area (Å²) < 4.78 is 0. The summed E-state index contributed by atoms with van der Waals surface area (Å²) >= 11 is 0. The van der Waals surface area contributed by atoms with E-state index in [9.17, 15) is 9.59 Å². The van der Waals surface area contributed by atoms with Crippen LogP contribution in [-0.4, -0.2) is 11.6 Å². The molecule has 0 aliphatic heterocycles. The van der Waals surface area contributed by atoms with E-state index in [4.69, 9.17) is 0 Å². The number of carbonyl (C=O) groups excluding carboxylic acids is 2. The molecule has 0 atom stereocenters. The molecule has 1 aromatic rings. The Morgan fingerprint density at radius 2 is 0.809 bits per heavy atom. The van der Waals surface area contributed by atoms with Crippen molar-refractivity contribution in [2.24, 2.45) is 0 Å². The van der Waals surface area contributed by atoms with E-state index >= 15 is 0 Å². The van der Waals surface area contributed by atoms with Gasteiger partial charge in [-0.3, -0.25) is 9.59 Å². The molecule has 2 nitrogen and oxygen atoms in total. The van der Waals surface area contributed by atoms with E-state index in [0.29, 0.717) is 23.1 Å². The van der Waals surface area contributed by atoms with Gasteiger partial charge < -0.3 is 0 Å². The first-order valence-corrected chi connectivity index (χ1v) is 17.9. The van der Waals surface area contributed by atoms with E-state index in [1.165, 1.54) is 57.9 Å². The summed E-state index contributed by atoms with van der Waals surface area (Å²) in [5.74, 6) is -0.0936. The molecular weight excluding hydrogens is 572 g/mol. The van der Waals surface area contributed by atoms with Gasteiger partial charge in [0.05, 0.1) is 0 Å². The zero-order chi connectivity index (χ0) is 34.6. The monoisotopic (exact) mass is 634 g/mol. The van der Waals surface area contributed by atoms with E-state index in [2.05, 4.69) is 97.9 Å². The molecule has 254 valence electrons. The quantitative estimate of drug-likeness (QED) is 0.134. The molecule has 1 aliphatic carbocycles. The number of allylic oxidation sites excluding steroid dienone is 16. The summed E-state index contributed by atoms with van der Waals surface area (Å²) in [7, 11) is 0. The lowest BCUT2D eigenvalue weighted by Crippen LogP contribution is -2.16. The van der Waals surface area contributed by atoms with Crippen molar-refractivity contribution < 1.29 is 9.59 Å². The molecular formula is C45H62O2. The van der Waals surface area contributed by atoms with Gasteiger partial charge in [0, 0.05) is 16.7 Å². The molecule has 0 fully saturated rings. The zero-order valence-corrected chi connectivity index (χ0v) is 30.9. The van der Waals surface area contributed by atoms with Crippen LogP contribution in [0.15, 0.2) is 117 Å². The van der Waals surface area contributed by atoms with E-state index in [1.54, 1.807) is 18.2 Å². The van der Waals surface area contributed by atoms with Crippen molar-refractivity contribution in [3.05, 3.63) is 129 Å². The van der Waals surface area contributed by atoms with Crippen LogP contribution in [0.5, 0.6) is 0 Å². The smallest absolute Gasteiger partial charge is 0.190 e. The summed E-state index contributed by atoms with van der Waals surface area (Å²) in [6, 6.07) is 7.10. The van der Waals surface area contributed by atoms with Crippen molar-refractivity contribution in [1.29, 1.82) is 0 Å². The molecule has 47 heavy (non-hydrogen) atoms. The van der Waals surface area contributed by atoms with Crippen LogP contribution in [0.4, 0.5) is 0 Å². The molecule has 0 unspecified atom stereocenters. The Balaban J connectivity index is 1.62. The molecule has 0 spiro atoms. The van der Waals surface area contributed by atoms with Crippen molar-refractivity contribution in [1.82, 2.24) is 0 Å². The minimum absolute atomic E-state index is 0.0245. The highest BCUT2D eigenvalue weighted by Gasteiger charge is 2.24. The Hall–Kier alpha value is -3.52. The number of rotatable bonds is 20. The average molecular weight is 635 g/mol. The number of benzene rings is 1. The normalized spacial score (nSPS) is 15.2. The molecule has 2 heteroatoms. The van der Waals surface area contributed by atoms with Gasteiger partial charge >= 0.3 is 0 Å². The lowest BCUT2D eigenvalue weighted by molar-refractivity contribution is 0.0983. The SMILES string of the molecule is CC(C)=CCCC(C)=CCCC(C)=CCCC(C)=CCCC(C)=CCCC(C)=CCCC(C)=CCC1=CC(=O)c2ccccc2C1=O. The molecule has 0 amide bonds. The second-order valence-electron chi connectivity index (χ2n) is 13.9. The second kappa shape index (κ2) is 22.1. The van der Waals surface area contributed by atoms with Crippen LogP contribution in [0.25, 0.3) is 0 Å². The van der Waals surface area contributed by atoms with Crippen molar-refractivity contribution in [2.75, 3.05) is 0 Å². The Labute approximate surface area is 287 Å². The van der Waals surface area contributed by atoms with Gasteiger partial charge in [-0.05, 0) is 145 Å². The van der Waals surface area contributed by atoms with E-state index in [-0.39, 0.29) is 11.6 Å². The average Bonchev–Trinajstić information content (AvgIpc) is 3.02. The van der Waals surface area contributed by atoms with Crippen molar-refractivity contribution in [3.63, 3.8) is 0 Å². The maximum atomic E-state index is 12.8. The number of fused-ring (bicyclic) bond motifs is 1. The van der Waals surface area contributed by atoms with Gasteiger partial charge in [0.2, 0.25) is 0 Å². The molecule has 1 aromatic carbocycles. The molecule has 0 N–H and O–H groups in total. The molecule has 0 heterocycles. The molecule has 0 saturated heterocycles. The summed E-state index contributed by atoms with van der Waals surface area (Å²) in [5, 5.41) is 0. The van der Waals surface area contributed by atoms with Crippen LogP contribution in [0, 0.1) is 0 Å². The molecule has 1 aliphatic rings. The summed E-state index contributed by atoms with van der Waals surface area (Å²) in [4.78, 5) is 25.2. The Bertz CT molecular complexity index is 1440. The topological polar surface area (TPSA) is 34.1 Å². The first-order valence-electron chi connectivity index (χ1n) is 17.9. The van der Waals surface area contributed by atoms with Gasteiger partial charge in [-0.2, -0.15) is 0 Å². The van der Waals surface area contributed by atoms with Crippen LogP contribution in [-0.2, 0) is 0 Å². The van der Waals surface area contributed by atoms with Crippen molar-refractivity contribution in [2.45, 2.75) is 139 Å². The van der Waals surface area contributed by atoms with E-state index < -0.39 is 0 Å². The van der Waals surface area contributed by atoms with Crippen molar-refractivity contribution >= 4 is 11.6 Å². The fourth-order valence-corrected chi connectivity index (χ4v) is 5.74. The highest BCUT2D eigenvalue weighted by molar-refractivity contribution is 6.24. The Kier molecular flexibility index (Phi) is 18.7. The highest BCUT2D eigenvalue weighted by Crippen LogP contribution is 2.24. The third-order valence-electron chi connectivity index (χ3n) is 8.95. The third-order valence-corrected chi connectivity index (χ3v) is 8.95. The Morgan fingerprint density at radius 1 is 0.468 bits per heavy atom. The number of ketones is 2. The Morgan fingerprint density at radius 3 is 1.19 bits per heavy atom. The second-order valence-corrected chi connectivity index (χ2v) is 13.9. The zero-order valence-electron chi connectivity index (χ0n) is 30.9. The van der Waals surface area contributed by atoms with Gasteiger partial charge in [-0.25, -0.2) is 0 Å². The van der Waals surface area contributed by atoms with Crippen LogP contribution in [0.2, 0.25) is 0 Å². The van der Waals surface area contributed by atoms with E-state index in [1.807, 2.05) is 6.07 Å². The molecule has 2 rings (SSSR count). The lowest BCUT2D eigenvalue weighted by atomic mass is 9.88. The number of Topliss-reactive ketones (excluding diaryl/α,β-unsaturated/α-hetero) is 1. The predicted molar refractivity (Wildman–Crippen MR) is 205 cm³/mol. The largest absolute Gasteiger partial charge is 0.289 e. The minimum atomic E-state index is -0.0691. The molecule has 0 saturated carbocycles. The standard InChI is InChI=1S/C45H62O2/c1-34(2)17-11-18-35(3)19-12-20-36(4)21-13-22-37(5)23-14-24-38(6)25-15-26-39(7)27-16-28-40(8)31-32-41-33-44(46)42-29-9-10-30-43(42)45(41)47/h9-10,17,19,21,23,25,27,29-31,33H,11-16,18,20,22,24,26,28,32H2,1-8H3. The number of carbonyl (C=O) groups is 2. The molecule has 0 bridgehead atoms. The minimum Gasteiger partial charge on any atom is -0.289 e. The van der Waals surface area contributed by atoms with Crippen LogP contribution < -0.4 is 0 Å². The van der Waals surface area contributed by atoms with Gasteiger partial charge in [-0.1, -0.05) is 106 Å². The summed E-state index contributed by atoms with van der Waals surface area (Å²) in [6.45, 7) is 17.8. The predicted octanol–water partition coefficient (Wildman–Crippen LogP) is 13.7. The van der Waals surface area contributed by atoms with Crippen LogP contribution >= 0.6 is 0 Å². The highest BCUT2D eigenvalue weighted by atomic mass is 16.1. The van der Waals surface area contributed by atoms with Gasteiger partial charge in [0.1, 0.15) is 0 Å². The summed E-state index contributed by atoms with van der Waals surface area (Å²) in [5.41, 5.74) is 11.7. The lowest BCUT2D eigenvalue weighted by Gasteiger charge is -2.14. The van der Waals surface area contributed by atoms with Gasteiger partial charge in [0.25, 0.3) is 0 Å². The van der Waals surface area contributed by atoms with Crippen LogP contribution in [0.1, 0.15) is 160 Å². The third kappa shape index (κ3) is 16.7. The maximum absolute atomic E-state index is 12.8. The maximum Gasteiger partial charge on any atom is 0.190 e. The fourth-order valence-electron chi connectivity index (χ4n) is 5.74. The molecule has 0 radical (unpaired) electrons. The molecule has 0 aromatic heterocycles. The summed E-state index contributed by atoms with van der Waals surface area (Å²) in [6.07, 6.45) is 31.8. The van der Waals surface area contributed by atoms with Crippen molar-refractivity contribution in [3.8, 4) is 0 Å². The first kappa shape index (κ1) is 39.7. The van der Waals surface area contributed by atoms with Gasteiger partial charge in [0.15, 0.2) is 11.6 Å².